The first kappa shape index (κ1) is 22.0. The summed E-state index contributed by atoms with van der Waals surface area (Å²) in [7, 11) is 0. The Morgan fingerprint density at radius 1 is 1.16 bits per heavy atom. The lowest BCUT2D eigenvalue weighted by Gasteiger charge is -2.32. The van der Waals surface area contributed by atoms with Crippen LogP contribution in [0, 0.1) is 0 Å². The Morgan fingerprint density at radius 2 is 1.97 bits per heavy atom. The van der Waals surface area contributed by atoms with Crippen molar-refractivity contribution in [3.63, 3.8) is 0 Å². The van der Waals surface area contributed by atoms with Crippen molar-refractivity contribution >= 4 is 11.6 Å². The van der Waals surface area contributed by atoms with Gasteiger partial charge in [-0.3, -0.25) is 9.69 Å². The molecule has 4 rings (SSSR count). The number of ether oxygens (including phenoxy) is 1. The minimum absolute atomic E-state index is 0.0417. The molecule has 0 saturated carbocycles. The zero-order valence-corrected chi connectivity index (χ0v) is 17.3. The number of hydrogen-bond acceptors (Lipinski definition) is 4. The lowest BCUT2D eigenvalue weighted by atomic mass is 10.1. The first-order valence-electron chi connectivity index (χ1n) is 10.3. The molecular weight excluding hydrogens is 421 g/mol. The molecule has 6 nitrogen and oxygen atoms in total. The number of nitrogens with zero attached hydrogens (tertiary/aromatic N) is 3. The van der Waals surface area contributed by atoms with Crippen LogP contribution in [0.5, 0.6) is 0 Å². The second-order valence-electron chi connectivity index (χ2n) is 7.65. The smallest absolute Gasteiger partial charge is 0.375 e. The highest BCUT2D eigenvalue weighted by atomic mass is 19.4. The number of carbonyl (C=O) groups is 1. The molecule has 1 atom stereocenters. The van der Waals surface area contributed by atoms with Crippen LogP contribution in [-0.2, 0) is 22.3 Å². The average Bonchev–Trinajstić information content (AvgIpc) is 3.29. The van der Waals surface area contributed by atoms with Gasteiger partial charge in [0.25, 0.3) is 0 Å². The SMILES string of the molecule is O=C(CC1CN(Cc2ccccc2)CCO1)Nc1cc(C(F)(F)F)ccc1-n1cccn1. The molecule has 1 saturated heterocycles. The number of aromatic nitrogens is 2. The molecule has 3 aromatic rings. The van der Waals surface area contributed by atoms with Crippen LogP contribution in [0.25, 0.3) is 5.69 Å². The first-order chi connectivity index (χ1) is 15.4. The fraction of sp³-hybridized carbons (Fsp3) is 0.304. The third-order valence-electron chi connectivity index (χ3n) is 5.23. The number of nitrogens with one attached hydrogen (secondary N) is 1. The number of benzene rings is 2. The number of rotatable bonds is 6. The van der Waals surface area contributed by atoms with E-state index < -0.39 is 17.6 Å². The quantitative estimate of drug-likeness (QED) is 0.622. The van der Waals surface area contributed by atoms with Crippen LogP contribution >= 0.6 is 0 Å². The fourth-order valence-electron chi connectivity index (χ4n) is 3.72. The van der Waals surface area contributed by atoms with Gasteiger partial charge in [0.15, 0.2) is 0 Å². The van der Waals surface area contributed by atoms with Crippen molar-refractivity contribution in [1.82, 2.24) is 14.7 Å². The van der Waals surface area contributed by atoms with E-state index in [1.165, 1.54) is 22.5 Å². The van der Waals surface area contributed by atoms with E-state index in [1.807, 2.05) is 30.3 Å². The number of anilines is 1. The fourth-order valence-corrected chi connectivity index (χ4v) is 3.72. The highest BCUT2D eigenvalue weighted by molar-refractivity contribution is 5.93. The summed E-state index contributed by atoms with van der Waals surface area (Å²) < 4.78 is 46.8. The minimum atomic E-state index is -4.52. The van der Waals surface area contributed by atoms with Crippen LogP contribution in [-0.4, -0.2) is 46.4 Å². The topological polar surface area (TPSA) is 59.4 Å². The van der Waals surface area contributed by atoms with Gasteiger partial charge >= 0.3 is 6.18 Å². The van der Waals surface area contributed by atoms with Crippen LogP contribution in [0.2, 0.25) is 0 Å². The molecule has 0 spiro atoms. The van der Waals surface area contributed by atoms with E-state index in [1.54, 1.807) is 12.3 Å². The molecule has 2 aromatic carbocycles. The molecule has 9 heteroatoms. The Labute approximate surface area is 183 Å². The highest BCUT2D eigenvalue weighted by Crippen LogP contribution is 2.33. The maximum Gasteiger partial charge on any atom is 0.416 e. The van der Waals surface area contributed by atoms with E-state index >= 15 is 0 Å². The van der Waals surface area contributed by atoms with Gasteiger partial charge in [0.1, 0.15) is 0 Å². The maximum absolute atomic E-state index is 13.2. The molecule has 1 aliphatic heterocycles. The maximum atomic E-state index is 13.2. The van der Waals surface area contributed by atoms with Gasteiger partial charge in [-0.05, 0) is 29.8 Å². The molecule has 0 aliphatic carbocycles. The summed E-state index contributed by atoms with van der Waals surface area (Å²) in [4.78, 5) is 14.9. The van der Waals surface area contributed by atoms with Crippen molar-refractivity contribution in [1.29, 1.82) is 0 Å². The van der Waals surface area contributed by atoms with Gasteiger partial charge in [-0.2, -0.15) is 18.3 Å². The molecular formula is C23H23F3N4O2. The molecule has 32 heavy (non-hydrogen) atoms. The Hall–Kier alpha value is -3.17. The van der Waals surface area contributed by atoms with Crippen LogP contribution in [0.4, 0.5) is 18.9 Å². The molecule has 1 amide bonds. The number of morpholine rings is 1. The summed E-state index contributed by atoms with van der Waals surface area (Å²) in [6.45, 7) is 2.56. The van der Waals surface area contributed by atoms with Crippen molar-refractivity contribution in [2.75, 3.05) is 25.0 Å². The molecule has 0 radical (unpaired) electrons. The normalized spacial score (nSPS) is 17.3. The first-order valence-corrected chi connectivity index (χ1v) is 10.3. The summed E-state index contributed by atoms with van der Waals surface area (Å²) in [5.74, 6) is -0.413. The van der Waals surface area contributed by atoms with Gasteiger partial charge in [0, 0.05) is 32.0 Å². The van der Waals surface area contributed by atoms with Crippen LogP contribution in [0.3, 0.4) is 0 Å². The van der Waals surface area contributed by atoms with Crippen LogP contribution in [0.15, 0.2) is 67.0 Å². The number of hydrogen-bond donors (Lipinski definition) is 1. The molecule has 0 bridgehead atoms. The number of halogens is 3. The number of amides is 1. The van der Waals surface area contributed by atoms with E-state index in [4.69, 9.17) is 4.74 Å². The van der Waals surface area contributed by atoms with E-state index in [0.29, 0.717) is 18.8 Å². The van der Waals surface area contributed by atoms with Gasteiger partial charge in [0.05, 0.1) is 36.1 Å². The second kappa shape index (κ2) is 9.54. The van der Waals surface area contributed by atoms with Crippen LogP contribution in [0.1, 0.15) is 17.5 Å². The van der Waals surface area contributed by atoms with Crippen molar-refractivity contribution in [2.24, 2.45) is 0 Å². The predicted octanol–water partition coefficient (Wildman–Crippen LogP) is 4.12. The Bertz CT molecular complexity index is 1040. The van der Waals surface area contributed by atoms with E-state index in [0.717, 1.165) is 25.2 Å². The molecule has 1 unspecified atom stereocenters. The Balaban J connectivity index is 1.44. The van der Waals surface area contributed by atoms with Gasteiger partial charge in [-0.25, -0.2) is 4.68 Å². The molecule has 1 fully saturated rings. The third-order valence-corrected chi connectivity index (χ3v) is 5.23. The summed E-state index contributed by atoms with van der Waals surface area (Å²) >= 11 is 0. The summed E-state index contributed by atoms with van der Waals surface area (Å²) in [6.07, 6.45) is -1.71. The van der Waals surface area contributed by atoms with Gasteiger partial charge in [-0.1, -0.05) is 30.3 Å². The number of alkyl halides is 3. The zero-order valence-electron chi connectivity index (χ0n) is 17.3. The lowest BCUT2D eigenvalue weighted by Crippen LogP contribution is -2.43. The standard InChI is InChI=1S/C23H23F3N4O2/c24-23(25,26)18-7-8-21(30-10-4-9-27-30)20(13-18)28-22(31)14-19-16-29(11-12-32-19)15-17-5-2-1-3-6-17/h1-10,13,19H,11-12,14-16H2,(H,28,31). The Morgan fingerprint density at radius 3 is 2.69 bits per heavy atom. The third kappa shape index (κ3) is 5.54. The van der Waals surface area contributed by atoms with Crippen molar-refractivity contribution < 1.29 is 22.7 Å². The average molecular weight is 444 g/mol. The summed E-state index contributed by atoms with van der Waals surface area (Å²) in [5, 5.41) is 6.69. The molecule has 1 aromatic heterocycles. The largest absolute Gasteiger partial charge is 0.416 e. The van der Waals surface area contributed by atoms with Gasteiger partial charge in [0.2, 0.25) is 5.91 Å². The number of carbonyl (C=O) groups excluding carboxylic acids is 1. The lowest BCUT2D eigenvalue weighted by molar-refractivity contribution is -0.137. The van der Waals surface area contributed by atoms with E-state index in [9.17, 15) is 18.0 Å². The summed E-state index contributed by atoms with van der Waals surface area (Å²) in [6, 6.07) is 14.9. The van der Waals surface area contributed by atoms with Crippen molar-refractivity contribution in [3.8, 4) is 5.69 Å². The molecule has 168 valence electrons. The summed E-state index contributed by atoms with van der Waals surface area (Å²) in [5.41, 5.74) is 0.731. The molecule has 1 aliphatic rings. The van der Waals surface area contributed by atoms with Crippen molar-refractivity contribution in [3.05, 3.63) is 78.1 Å². The van der Waals surface area contributed by atoms with Gasteiger partial charge in [-0.15, -0.1) is 0 Å². The van der Waals surface area contributed by atoms with E-state index in [-0.39, 0.29) is 18.2 Å². The molecule has 2 heterocycles. The zero-order chi connectivity index (χ0) is 22.6. The highest BCUT2D eigenvalue weighted by Gasteiger charge is 2.31. The van der Waals surface area contributed by atoms with Crippen molar-refractivity contribution in [2.45, 2.75) is 25.2 Å². The minimum Gasteiger partial charge on any atom is -0.375 e. The van der Waals surface area contributed by atoms with Gasteiger partial charge < -0.3 is 10.1 Å². The van der Waals surface area contributed by atoms with E-state index in [2.05, 4.69) is 15.3 Å². The second-order valence-corrected chi connectivity index (χ2v) is 7.65. The Kier molecular flexibility index (Phi) is 6.57. The molecule has 1 N–H and O–H groups in total. The monoisotopic (exact) mass is 444 g/mol. The van der Waals surface area contributed by atoms with Crippen LogP contribution < -0.4 is 5.32 Å². The predicted molar refractivity (Wildman–Crippen MR) is 113 cm³/mol.